The zero-order valence-electron chi connectivity index (χ0n) is 50.8. The number of amides is 12. The Kier molecular flexibility index (Phi) is 32.2. The highest BCUT2D eigenvalue weighted by atomic mass is 16.4. The van der Waals surface area contributed by atoms with Crippen molar-refractivity contribution < 1.29 is 97.1 Å². The summed E-state index contributed by atoms with van der Waals surface area (Å²) >= 11 is 0. The van der Waals surface area contributed by atoms with Crippen molar-refractivity contribution in [3.8, 4) is 0 Å². The first-order valence-electron chi connectivity index (χ1n) is 30.2. The number of carboxylic acids is 4. The Labute approximate surface area is 514 Å². The molecule has 32 heteroatoms. The summed E-state index contributed by atoms with van der Waals surface area (Å²) in [7, 11) is 0. The second-order valence-corrected chi connectivity index (χ2v) is 22.7. The minimum absolute atomic E-state index is 0.0248. The van der Waals surface area contributed by atoms with Gasteiger partial charge < -0.3 is 83.4 Å². The van der Waals surface area contributed by atoms with Gasteiger partial charge in [0.1, 0.15) is 48.3 Å². The van der Waals surface area contributed by atoms with E-state index >= 15 is 0 Å². The molecule has 89 heavy (non-hydrogen) atoms. The smallest absolute Gasteiger partial charge is 0.326 e. The van der Waals surface area contributed by atoms with Crippen LogP contribution >= 0.6 is 0 Å². The molecule has 0 spiro atoms. The predicted octanol–water partition coefficient (Wildman–Crippen LogP) is -2.59. The number of hydrogen-bond donors (Lipinski definition) is 14. The van der Waals surface area contributed by atoms with E-state index in [9.17, 15) is 97.1 Å². The lowest BCUT2D eigenvalue weighted by molar-refractivity contribution is -0.146. The van der Waals surface area contributed by atoms with Gasteiger partial charge in [-0.3, -0.25) is 71.9 Å². The zero-order chi connectivity index (χ0) is 66.3. The number of carbonyl (C=O) groups excluding carboxylic acids is 12. The zero-order valence-corrected chi connectivity index (χ0v) is 50.8. The van der Waals surface area contributed by atoms with E-state index in [0.29, 0.717) is 25.2 Å². The number of nitrogens with one attached hydrogen (secondary N) is 10. The van der Waals surface area contributed by atoms with E-state index in [1.165, 1.54) is 19.3 Å². The van der Waals surface area contributed by atoms with Gasteiger partial charge in [0.25, 0.3) is 0 Å². The van der Waals surface area contributed by atoms with Crippen LogP contribution in [0.5, 0.6) is 0 Å². The van der Waals surface area contributed by atoms with Crippen molar-refractivity contribution in [2.24, 2.45) is 11.8 Å². The van der Waals surface area contributed by atoms with Gasteiger partial charge in [0.05, 0.1) is 45.3 Å². The van der Waals surface area contributed by atoms with Crippen molar-refractivity contribution in [1.82, 2.24) is 63.0 Å². The van der Waals surface area contributed by atoms with Crippen molar-refractivity contribution in [2.45, 2.75) is 198 Å². The molecule has 3 saturated heterocycles. The van der Waals surface area contributed by atoms with Crippen molar-refractivity contribution in [3.05, 3.63) is 12.2 Å². The minimum Gasteiger partial charge on any atom is -0.481 e. The number of unbranched alkanes of at least 4 members (excludes halogenated alkanes) is 7. The quantitative estimate of drug-likeness (QED) is 0.0348. The summed E-state index contributed by atoms with van der Waals surface area (Å²) in [5.74, 6) is -19.4. The van der Waals surface area contributed by atoms with Crippen LogP contribution in [-0.4, -0.2) is 213 Å². The highest BCUT2D eigenvalue weighted by Gasteiger charge is 2.42. The number of carbonyl (C=O) groups is 16. The fraction of sp³-hybridized carbons (Fsp3) is 0.684. The van der Waals surface area contributed by atoms with Crippen molar-refractivity contribution in [1.29, 1.82) is 0 Å². The summed E-state index contributed by atoms with van der Waals surface area (Å²) in [6, 6.07) is -13.5. The van der Waals surface area contributed by atoms with E-state index in [1.807, 2.05) is 16.0 Å². The fourth-order valence-electron chi connectivity index (χ4n) is 10.1. The van der Waals surface area contributed by atoms with Gasteiger partial charge in [-0.05, 0) is 62.9 Å². The molecule has 3 aliphatic rings. The Bertz CT molecular complexity index is 2600. The Morgan fingerprint density at radius 1 is 0.562 bits per heavy atom. The van der Waals surface area contributed by atoms with Crippen LogP contribution in [0.3, 0.4) is 0 Å². The Balaban J connectivity index is 1.99. The molecule has 3 rings (SSSR count). The van der Waals surface area contributed by atoms with E-state index in [0.717, 1.165) is 48.0 Å². The van der Waals surface area contributed by atoms with Crippen LogP contribution in [0.1, 0.15) is 150 Å². The third kappa shape index (κ3) is 27.0. The molecule has 0 aromatic carbocycles. The highest BCUT2D eigenvalue weighted by molar-refractivity contribution is 6.00. The van der Waals surface area contributed by atoms with Crippen LogP contribution in [0.2, 0.25) is 0 Å². The van der Waals surface area contributed by atoms with Gasteiger partial charge in [-0.15, -0.1) is 0 Å². The molecule has 3 fully saturated rings. The van der Waals surface area contributed by atoms with E-state index in [4.69, 9.17) is 0 Å². The lowest BCUT2D eigenvalue weighted by atomic mass is 9.96. The molecule has 0 aliphatic carbocycles. The average molecular weight is 1260 g/mol. The van der Waals surface area contributed by atoms with Gasteiger partial charge in [0.15, 0.2) is 0 Å². The molecule has 1 unspecified atom stereocenters. The van der Waals surface area contributed by atoms with E-state index in [-0.39, 0.29) is 38.8 Å². The predicted molar refractivity (Wildman–Crippen MR) is 312 cm³/mol. The van der Waals surface area contributed by atoms with Crippen LogP contribution in [0.15, 0.2) is 12.2 Å². The van der Waals surface area contributed by atoms with Gasteiger partial charge >= 0.3 is 23.9 Å². The van der Waals surface area contributed by atoms with Crippen LogP contribution in [-0.2, 0) is 76.7 Å². The van der Waals surface area contributed by atoms with Crippen molar-refractivity contribution >= 4 is 94.8 Å². The number of allylic oxidation sites excluding steroid dienone is 1. The van der Waals surface area contributed by atoms with Gasteiger partial charge in [-0.2, -0.15) is 0 Å². The summed E-state index contributed by atoms with van der Waals surface area (Å²) in [6.45, 7) is 3.69. The number of aliphatic carboxylic acids is 4. The monoisotopic (exact) mass is 1260 g/mol. The second kappa shape index (κ2) is 38.5. The molecule has 9 atom stereocenters. The largest absolute Gasteiger partial charge is 0.481 e. The molecule has 0 aromatic heterocycles. The molecule has 32 nitrogen and oxygen atoms in total. The molecule has 496 valence electrons. The van der Waals surface area contributed by atoms with Gasteiger partial charge in [0.2, 0.25) is 70.9 Å². The van der Waals surface area contributed by atoms with E-state index in [2.05, 4.69) is 51.1 Å². The maximum Gasteiger partial charge on any atom is 0.326 e. The number of fused-ring (bicyclic) bond motifs is 2. The first-order chi connectivity index (χ1) is 42.1. The van der Waals surface area contributed by atoms with E-state index < -0.39 is 201 Å². The van der Waals surface area contributed by atoms with Crippen LogP contribution in [0.4, 0.5) is 0 Å². The second-order valence-electron chi connectivity index (χ2n) is 22.7. The SMILES string of the molecule is CCC(C)[C@@H]1NC(=O)[C@H](CC(=O)O)NC(=O)CNC(=O)[C@H](CC(=O)O)NC(=O)CNC(=O)[C@H](CC(=O)O)NC(=O)CNC(=O)[C@@H]2CCCCN2C(=O)[C@@H](NC(=O)C[C@H](NC(=O)/C=C/CCCCCCCCCC(C)C)C(=O)O)CNC(=O)[C@@H]2CCCN2C1=O. The van der Waals surface area contributed by atoms with Crippen LogP contribution in [0.25, 0.3) is 0 Å². The maximum atomic E-state index is 14.7. The number of nitrogens with zero attached hydrogens (tertiary/aromatic N) is 2. The summed E-state index contributed by atoms with van der Waals surface area (Å²) < 4.78 is 0. The molecule has 3 heterocycles. The summed E-state index contributed by atoms with van der Waals surface area (Å²) in [4.78, 5) is 214. The molecular formula is C57H88N12O20. The Morgan fingerprint density at radius 2 is 1.02 bits per heavy atom. The summed E-state index contributed by atoms with van der Waals surface area (Å²) in [6.07, 6.45) is 8.75. The number of hydrogen-bond acceptors (Lipinski definition) is 16. The summed E-state index contributed by atoms with van der Waals surface area (Å²) in [5.41, 5.74) is 0. The fourth-order valence-corrected chi connectivity index (χ4v) is 10.1. The standard InChI is InChI=1S/C57H88N12O20/c1-5-33(4)49-56(87)69-23-17-20-40(69)53(84)58-28-38(66-42(71)24-37(57(88)89)65-41(70)21-14-12-10-8-6-7-9-11-13-18-32(2)3)55(86)68-22-16-15-19-39(68)54(85)61-31-45(74)63-35(26-47(77)78)51(82)59-29-43(72)62-34(25-46(75)76)50(81)60-30-44(73)64-36(27-48(79)80)52(83)67-49/h14,21,32-40,49H,5-13,15-20,22-31H2,1-4H3,(H,58,84)(H,59,82)(H,60,81)(H,61,85)(H,62,72)(H,63,74)(H,64,73)(H,65,70)(H,66,71)(H,67,83)(H,75,76)(H,77,78)(H,79,80)(H,88,89)/b21-14+/t33?,34-,35-,36-,37-,38-,39-,40-,49-/m0/s1. The Hall–Kier alpha value is -8.74. The number of carboxylic acid groups (broad SMARTS) is 4. The molecule has 12 amide bonds. The number of piperidine rings is 1. The van der Waals surface area contributed by atoms with Gasteiger partial charge in [-0.1, -0.05) is 85.1 Å². The molecule has 0 saturated carbocycles. The number of rotatable bonds is 24. The lowest BCUT2D eigenvalue weighted by Crippen LogP contribution is -2.61. The first kappa shape index (κ1) is 74.5. The molecule has 3 aliphatic heterocycles. The molecule has 0 radical (unpaired) electrons. The lowest BCUT2D eigenvalue weighted by Gasteiger charge is -2.37. The maximum absolute atomic E-state index is 14.7. The minimum atomic E-state index is -1.93. The highest BCUT2D eigenvalue weighted by Crippen LogP contribution is 2.23. The van der Waals surface area contributed by atoms with Crippen LogP contribution in [0, 0.1) is 11.8 Å². The normalized spacial score (nSPS) is 23.5. The summed E-state index contributed by atoms with van der Waals surface area (Å²) in [5, 5.41) is 61.2. The third-order valence-electron chi connectivity index (χ3n) is 15.1. The Morgan fingerprint density at radius 3 is 1.53 bits per heavy atom. The topological polar surface area (TPSA) is 481 Å². The third-order valence-corrected chi connectivity index (χ3v) is 15.1. The van der Waals surface area contributed by atoms with Gasteiger partial charge in [-0.25, -0.2) is 4.79 Å². The molecule has 14 N–H and O–H groups in total. The van der Waals surface area contributed by atoms with Crippen LogP contribution < -0.4 is 53.2 Å². The molecular weight excluding hydrogens is 1170 g/mol. The first-order valence-corrected chi connectivity index (χ1v) is 30.2. The molecule has 0 bridgehead atoms. The van der Waals surface area contributed by atoms with Crippen molar-refractivity contribution in [2.75, 3.05) is 39.3 Å². The van der Waals surface area contributed by atoms with E-state index in [1.54, 1.807) is 19.9 Å². The van der Waals surface area contributed by atoms with Gasteiger partial charge in [0, 0.05) is 19.6 Å². The average Bonchev–Trinajstić information content (AvgIpc) is 3.85. The van der Waals surface area contributed by atoms with Crippen molar-refractivity contribution in [3.63, 3.8) is 0 Å². The molecule has 0 aromatic rings.